The average Bonchev–Trinajstić information content (AvgIpc) is 3.24. The van der Waals surface area contributed by atoms with Crippen LogP contribution < -0.4 is 10.6 Å². The maximum atomic E-state index is 13.8. The van der Waals surface area contributed by atoms with Crippen molar-refractivity contribution in [3.05, 3.63) is 47.5 Å². The van der Waals surface area contributed by atoms with Gasteiger partial charge in [0.05, 0.1) is 12.6 Å². The number of aliphatic hydroxyl groups excluding tert-OH is 1. The number of benzene rings is 2. The van der Waals surface area contributed by atoms with Crippen LogP contribution in [0.1, 0.15) is 147 Å². The van der Waals surface area contributed by atoms with Crippen molar-refractivity contribution in [3.8, 4) is 22.6 Å². The first-order valence-electron chi connectivity index (χ1n) is 22.2. The molecule has 1 aliphatic rings. The first kappa shape index (κ1) is 51.0. The van der Waals surface area contributed by atoms with Gasteiger partial charge >= 0.3 is 5.97 Å². The number of aromatic hydroxyl groups is 2. The normalized spacial score (nSPS) is 16.3. The first-order chi connectivity index (χ1) is 29.6. The molecule has 15 nitrogen and oxygen atoms in total. The summed E-state index contributed by atoms with van der Waals surface area (Å²) in [6.07, 6.45) is 13.8. The molecule has 0 saturated heterocycles. The second kappa shape index (κ2) is 26.2. The van der Waals surface area contributed by atoms with E-state index in [9.17, 15) is 54.0 Å². The number of carbonyl (C=O) groups is 7. The van der Waals surface area contributed by atoms with Crippen molar-refractivity contribution >= 4 is 41.2 Å². The molecule has 0 saturated carbocycles. The Morgan fingerprint density at radius 3 is 1.90 bits per heavy atom. The van der Waals surface area contributed by atoms with Crippen molar-refractivity contribution in [1.29, 1.82) is 0 Å². The van der Waals surface area contributed by atoms with Crippen LogP contribution >= 0.6 is 0 Å². The molecule has 15 heteroatoms. The molecule has 0 aromatic heterocycles. The fourth-order valence-electron chi connectivity index (χ4n) is 7.75. The van der Waals surface area contributed by atoms with Gasteiger partial charge in [-0.25, -0.2) is 4.79 Å². The molecule has 0 aliphatic carbocycles. The number of aliphatic carboxylic acids is 1. The molecule has 342 valence electrons. The molecule has 2 aromatic carbocycles. The second-order valence-electron chi connectivity index (χ2n) is 16.6. The number of carboxylic acid groups (broad SMARTS) is 1. The third kappa shape index (κ3) is 15.9. The van der Waals surface area contributed by atoms with Crippen molar-refractivity contribution in [2.75, 3.05) is 20.7 Å². The third-order valence-electron chi connectivity index (χ3n) is 11.7. The number of hydrogen-bond donors (Lipinski definition) is 6. The lowest BCUT2D eigenvalue weighted by Crippen LogP contribution is -2.53. The standard InChI is InChI=1S/C47H68N4O11/c1-5-6-7-8-9-10-11-12-13-14-15-16-17-18-43(58)50(3)37(30-52)46(60)48-31(2)38(53)24-26-44(59)51(4)45-33-20-22-40(55)35(29-33)34-27-32(19-21-39(34)54)28-36(47(61)62)49-42(57)25-23-41(45)56/h19-22,27,29,31,36-37,45,52,54-55H,5-18,23-26,28,30H2,1-4H3,(H,48,60)(H,49,57)(H,61,62)/t31-,36+,37-,45+/m1/s1. The van der Waals surface area contributed by atoms with Crippen LogP contribution in [0.5, 0.6) is 11.5 Å². The van der Waals surface area contributed by atoms with Gasteiger partial charge in [-0.1, -0.05) is 96.1 Å². The molecule has 6 N–H and O–H groups in total. The first-order valence-corrected chi connectivity index (χ1v) is 22.2. The van der Waals surface area contributed by atoms with Crippen LogP contribution in [0, 0.1) is 0 Å². The summed E-state index contributed by atoms with van der Waals surface area (Å²) in [5.41, 5.74) is 0.931. The van der Waals surface area contributed by atoms with E-state index < -0.39 is 66.0 Å². The smallest absolute Gasteiger partial charge is 0.326 e. The Hall–Kier alpha value is -5.31. The van der Waals surface area contributed by atoms with Crippen molar-refractivity contribution in [2.45, 2.75) is 160 Å². The van der Waals surface area contributed by atoms with E-state index in [-0.39, 0.29) is 72.6 Å². The number of nitrogens with one attached hydrogen (secondary N) is 2. The number of carboxylic acids is 1. The van der Waals surface area contributed by atoms with Crippen molar-refractivity contribution in [2.24, 2.45) is 0 Å². The van der Waals surface area contributed by atoms with Gasteiger partial charge in [-0.05, 0) is 48.7 Å². The molecule has 0 fully saturated rings. The van der Waals surface area contributed by atoms with Crippen LogP contribution in [0.3, 0.4) is 0 Å². The summed E-state index contributed by atoms with van der Waals surface area (Å²) in [4.78, 5) is 93.8. The highest BCUT2D eigenvalue weighted by molar-refractivity contribution is 5.96. The minimum absolute atomic E-state index is 0.112. The highest BCUT2D eigenvalue weighted by atomic mass is 16.4. The SMILES string of the molecule is CCCCCCCCCCCCCCCC(=O)N(C)[C@H](CO)C(=O)N[C@H](C)C(=O)CCC(=O)N(C)[C@@H]1C(=O)CCC(=O)N[C@H](C(=O)O)Cc2ccc(O)c(c2)-c2cc1ccc2O. The number of hydrogen-bond acceptors (Lipinski definition) is 10. The van der Waals surface area contributed by atoms with Crippen LogP contribution in [-0.2, 0) is 40.0 Å². The zero-order valence-electron chi connectivity index (χ0n) is 37.0. The van der Waals surface area contributed by atoms with Gasteiger partial charge in [0.15, 0.2) is 11.6 Å². The third-order valence-corrected chi connectivity index (χ3v) is 11.7. The molecule has 62 heavy (non-hydrogen) atoms. The lowest BCUT2D eigenvalue weighted by atomic mass is 9.91. The molecule has 3 rings (SSSR count). The maximum Gasteiger partial charge on any atom is 0.326 e. The average molecular weight is 865 g/mol. The van der Waals surface area contributed by atoms with Gasteiger partial charge in [0.25, 0.3) is 0 Å². The predicted molar refractivity (Wildman–Crippen MR) is 234 cm³/mol. The van der Waals surface area contributed by atoms with Gasteiger partial charge < -0.3 is 40.9 Å². The van der Waals surface area contributed by atoms with Gasteiger partial charge in [-0.15, -0.1) is 0 Å². The Morgan fingerprint density at radius 1 is 0.758 bits per heavy atom. The van der Waals surface area contributed by atoms with Crippen LogP contribution in [0.25, 0.3) is 11.1 Å². The fourth-order valence-corrected chi connectivity index (χ4v) is 7.75. The number of phenolic OH excluding ortho intramolecular Hbond substituents is 2. The van der Waals surface area contributed by atoms with Gasteiger partial charge in [-0.3, -0.25) is 28.8 Å². The predicted octanol–water partition coefficient (Wildman–Crippen LogP) is 5.89. The Kier molecular flexibility index (Phi) is 21.6. The number of ketones is 2. The Labute approximate surface area is 365 Å². The number of nitrogens with zero attached hydrogens (tertiary/aromatic N) is 2. The number of unbranched alkanes of at least 4 members (excludes halogenated alkanes) is 12. The summed E-state index contributed by atoms with van der Waals surface area (Å²) in [7, 11) is 2.79. The minimum Gasteiger partial charge on any atom is -0.507 e. The number of likely N-dealkylation sites (N-methyl/N-ethyl adjacent to an activating group) is 2. The number of carbonyl (C=O) groups excluding carboxylic acids is 6. The van der Waals surface area contributed by atoms with Crippen molar-refractivity contribution in [1.82, 2.24) is 20.4 Å². The highest BCUT2D eigenvalue weighted by Crippen LogP contribution is 2.39. The van der Waals surface area contributed by atoms with Crippen LogP contribution in [0.2, 0.25) is 0 Å². The van der Waals surface area contributed by atoms with E-state index in [0.717, 1.165) is 24.2 Å². The van der Waals surface area contributed by atoms with Crippen LogP contribution in [0.15, 0.2) is 36.4 Å². The summed E-state index contributed by atoms with van der Waals surface area (Å²) >= 11 is 0. The Bertz CT molecular complexity index is 1850. The van der Waals surface area contributed by atoms with E-state index in [1.54, 1.807) is 0 Å². The quantitative estimate of drug-likeness (QED) is 0.0681. The van der Waals surface area contributed by atoms with E-state index in [2.05, 4.69) is 17.6 Å². The zero-order valence-corrected chi connectivity index (χ0v) is 37.0. The zero-order chi connectivity index (χ0) is 45.8. The minimum atomic E-state index is -1.35. The van der Waals surface area contributed by atoms with Crippen molar-refractivity contribution < 1.29 is 54.0 Å². The molecule has 0 spiro atoms. The summed E-state index contributed by atoms with van der Waals surface area (Å²) in [6, 6.07) is 3.50. The lowest BCUT2D eigenvalue weighted by Gasteiger charge is -2.29. The van der Waals surface area contributed by atoms with E-state index in [1.807, 2.05) is 0 Å². The molecule has 1 aliphatic heterocycles. The molecule has 2 aromatic rings. The molecule has 4 atom stereocenters. The number of Topliss-reactive ketones (excluding diaryl/α,β-unsaturated/α-hetero) is 2. The summed E-state index contributed by atoms with van der Waals surface area (Å²) in [6.45, 7) is 3.00. The lowest BCUT2D eigenvalue weighted by molar-refractivity contribution is -0.142. The van der Waals surface area contributed by atoms with E-state index >= 15 is 0 Å². The molecule has 4 bridgehead atoms. The molecular formula is C47H68N4O11. The van der Waals surface area contributed by atoms with Gasteiger partial charge in [0.1, 0.15) is 29.6 Å². The number of amides is 4. The highest BCUT2D eigenvalue weighted by Gasteiger charge is 2.32. The number of aliphatic hydroxyl groups is 1. The second-order valence-corrected chi connectivity index (χ2v) is 16.6. The maximum absolute atomic E-state index is 13.8. The van der Waals surface area contributed by atoms with Gasteiger partial charge in [0, 0.05) is 63.7 Å². The fraction of sp³-hybridized carbons (Fsp3) is 0.596. The Balaban J connectivity index is 1.57. The van der Waals surface area contributed by atoms with Crippen LogP contribution in [-0.4, -0.2) is 110 Å². The van der Waals surface area contributed by atoms with Gasteiger partial charge in [-0.2, -0.15) is 0 Å². The number of fused-ring (bicyclic) bond motifs is 5. The van der Waals surface area contributed by atoms with Crippen molar-refractivity contribution in [3.63, 3.8) is 0 Å². The molecule has 1 heterocycles. The monoisotopic (exact) mass is 864 g/mol. The molecule has 0 radical (unpaired) electrons. The van der Waals surface area contributed by atoms with E-state index in [4.69, 9.17) is 0 Å². The molecule has 0 unspecified atom stereocenters. The van der Waals surface area contributed by atoms with Gasteiger partial charge in [0.2, 0.25) is 23.6 Å². The summed E-state index contributed by atoms with van der Waals surface area (Å²) in [5.74, 6) is -5.24. The largest absolute Gasteiger partial charge is 0.507 e. The van der Waals surface area contributed by atoms with Crippen LogP contribution in [0.4, 0.5) is 0 Å². The Morgan fingerprint density at radius 2 is 1.32 bits per heavy atom. The van der Waals surface area contributed by atoms with E-state index in [1.165, 1.54) is 120 Å². The number of rotatable bonds is 24. The topological polar surface area (TPSA) is 231 Å². The molecule has 4 amide bonds. The number of phenols is 2. The molecular weight excluding hydrogens is 797 g/mol. The summed E-state index contributed by atoms with van der Waals surface area (Å²) < 4.78 is 0. The van der Waals surface area contributed by atoms with E-state index in [0.29, 0.717) is 12.0 Å². The summed E-state index contributed by atoms with van der Waals surface area (Å²) in [5, 5.41) is 46.4.